The lowest BCUT2D eigenvalue weighted by molar-refractivity contribution is -0.148. The van der Waals surface area contributed by atoms with Gasteiger partial charge >= 0.3 is 5.97 Å². The molecule has 2 unspecified atom stereocenters. The van der Waals surface area contributed by atoms with Crippen LogP contribution in [-0.4, -0.2) is 42.6 Å². The van der Waals surface area contributed by atoms with Crippen molar-refractivity contribution in [1.29, 1.82) is 0 Å². The number of halogens is 1. The average molecular weight is 391 g/mol. The molecule has 1 saturated heterocycles. The van der Waals surface area contributed by atoms with Crippen LogP contribution in [0.5, 0.6) is 0 Å². The lowest BCUT2D eigenvalue weighted by Crippen LogP contribution is -2.36. The molecule has 0 bridgehead atoms. The predicted octanol–water partition coefficient (Wildman–Crippen LogP) is 0.712. The number of likely N-dealkylation sites (tertiary alicyclic amines) is 1. The van der Waals surface area contributed by atoms with E-state index in [0.29, 0.717) is 10.0 Å². The summed E-state index contributed by atoms with van der Waals surface area (Å²) in [5.41, 5.74) is 0.444. The molecule has 1 aliphatic rings. The van der Waals surface area contributed by atoms with Gasteiger partial charge in [-0.15, -0.1) is 0 Å². The molecule has 0 spiro atoms. The number of carboxylic acids is 1. The Morgan fingerprint density at radius 3 is 2.64 bits per heavy atom. The summed E-state index contributed by atoms with van der Waals surface area (Å²) in [5, 5.41) is 14.5. The average Bonchev–Trinajstić information content (AvgIpc) is 2.70. The number of aliphatic carboxylic acids is 1. The number of amides is 1. The van der Waals surface area contributed by atoms with Gasteiger partial charge in [0, 0.05) is 28.9 Å². The van der Waals surface area contributed by atoms with E-state index in [1.807, 2.05) is 0 Å². The van der Waals surface area contributed by atoms with Crippen molar-refractivity contribution in [3.05, 3.63) is 34.3 Å². The molecule has 0 aliphatic carbocycles. The van der Waals surface area contributed by atoms with Gasteiger partial charge in [0.25, 0.3) is 0 Å². The van der Waals surface area contributed by atoms with Crippen LogP contribution in [0.1, 0.15) is 18.0 Å². The Hall–Kier alpha value is -1.45. The zero-order chi connectivity index (χ0) is 16.5. The fourth-order valence-electron chi connectivity index (χ4n) is 2.63. The summed E-state index contributed by atoms with van der Waals surface area (Å²) in [5.74, 6) is -2.39. The Morgan fingerprint density at radius 2 is 2.09 bits per heavy atom. The molecule has 3 N–H and O–H groups in total. The molecule has 9 heteroatoms. The van der Waals surface area contributed by atoms with Crippen LogP contribution in [0.3, 0.4) is 0 Å². The molecule has 7 nitrogen and oxygen atoms in total. The Morgan fingerprint density at radius 1 is 1.45 bits per heavy atom. The van der Waals surface area contributed by atoms with Crippen molar-refractivity contribution in [3.63, 3.8) is 0 Å². The standard InChI is InChI=1S/C13H15BrN2O5S/c14-10-4-2-1-3-9(10)12(13(18)19)16-6-8(5-11(16)17)7-22(15,20)21/h1-4,8,12H,5-7H2,(H,18,19)(H2,15,20,21). The van der Waals surface area contributed by atoms with Crippen LogP contribution in [0, 0.1) is 5.92 Å². The van der Waals surface area contributed by atoms with Gasteiger partial charge in [-0.05, 0) is 6.07 Å². The maximum atomic E-state index is 12.1. The predicted molar refractivity (Wildman–Crippen MR) is 82.3 cm³/mol. The first-order chi connectivity index (χ1) is 10.2. The van der Waals surface area contributed by atoms with Crippen LogP contribution in [0.2, 0.25) is 0 Å². The van der Waals surface area contributed by atoms with E-state index < -0.39 is 33.9 Å². The Labute approximate surface area is 136 Å². The second-order valence-electron chi connectivity index (χ2n) is 5.21. The van der Waals surface area contributed by atoms with Gasteiger partial charge in [0.2, 0.25) is 15.9 Å². The normalized spacial score (nSPS) is 20.2. The highest BCUT2D eigenvalue weighted by Crippen LogP contribution is 2.33. The largest absolute Gasteiger partial charge is 0.479 e. The number of carboxylic acid groups (broad SMARTS) is 1. The molecule has 1 aliphatic heterocycles. The van der Waals surface area contributed by atoms with E-state index in [4.69, 9.17) is 5.14 Å². The van der Waals surface area contributed by atoms with Crippen molar-refractivity contribution in [2.24, 2.45) is 11.1 Å². The van der Waals surface area contributed by atoms with Crippen LogP contribution in [-0.2, 0) is 19.6 Å². The van der Waals surface area contributed by atoms with Gasteiger partial charge in [-0.1, -0.05) is 34.1 Å². The lowest BCUT2D eigenvalue weighted by Gasteiger charge is -2.25. The molecule has 1 aromatic carbocycles. The third-order valence-corrected chi connectivity index (χ3v) is 5.11. The van der Waals surface area contributed by atoms with Gasteiger partial charge in [0.1, 0.15) is 0 Å². The lowest BCUT2D eigenvalue weighted by atomic mass is 10.1. The number of hydrogen-bond donors (Lipinski definition) is 2. The summed E-state index contributed by atoms with van der Waals surface area (Å²) in [6, 6.07) is 5.56. The Kier molecular flexibility index (Phi) is 4.88. The van der Waals surface area contributed by atoms with E-state index in [1.54, 1.807) is 24.3 Å². The monoisotopic (exact) mass is 390 g/mol. The summed E-state index contributed by atoms with van der Waals surface area (Å²) >= 11 is 3.28. The second-order valence-corrected chi connectivity index (χ2v) is 7.72. The quantitative estimate of drug-likeness (QED) is 0.767. The molecular formula is C13H15BrN2O5S. The van der Waals surface area contributed by atoms with Gasteiger partial charge in [-0.25, -0.2) is 18.4 Å². The number of carbonyl (C=O) groups is 2. The highest BCUT2D eigenvalue weighted by atomic mass is 79.9. The first-order valence-corrected chi connectivity index (χ1v) is 8.97. The number of carbonyl (C=O) groups excluding carboxylic acids is 1. The fraction of sp³-hybridized carbons (Fsp3) is 0.385. The molecule has 1 heterocycles. The number of benzene rings is 1. The van der Waals surface area contributed by atoms with E-state index in [0.717, 1.165) is 0 Å². The van der Waals surface area contributed by atoms with Crippen LogP contribution in [0.15, 0.2) is 28.7 Å². The molecule has 120 valence electrons. The minimum absolute atomic E-state index is 0.0232. The summed E-state index contributed by atoms with van der Waals surface area (Å²) in [7, 11) is -3.71. The van der Waals surface area contributed by atoms with Crippen LogP contribution in [0.4, 0.5) is 0 Å². The minimum atomic E-state index is -3.71. The van der Waals surface area contributed by atoms with Crippen molar-refractivity contribution in [3.8, 4) is 0 Å². The van der Waals surface area contributed by atoms with Crippen LogP contribution < -0.4 is 5.14 Å². The molecule has 0 saturated carbocycles. The summed E-state index contributed by atoms with van der Waals surface area (Å²) < 4.78 is 22.9. The fourth-order valence-corrected chi connectivity index (χ4v) is 4.01. The summed E-state index contributed by atoms with van der Waals surface area (Å²) in [4.78, 5) is 24.9. The maximum absolute atomic E-state index is 12.1. The van der Waals surface area contributed by atoms with Crippen molar-refractivity contribution in [2.45, 2.75) is 12.5 Å². The topological polar surface area (TPSA) is 118 Å². The molecule has 1 aromatic rings. The van der Waals surface area contributed by atoms with Crippen molar-refractivity contribution in [2.75, 3.05) is 12.3 Å². The molecular weight excluding hydrogens is 376 g/mol. The molecule has 2 atom stereocenters. The number of sulfonamides is 1. The summed E-state index contributed by atoms with van der Waals surface area (Å²) in [6.07, 6.45) is -0.0232. The van der Waals surface area contributed by atoms with Crippen molar-refractivity contribution < 1.29 is 23.1 Å². The zero-order valence-electron chi connectivity index (χ0n) is 11.5. The zero-order valence-corrected chi connectivity index (χ0v) is 13.9. The van der Waals surface area contributed by atoms with E-state index >= 15 is 0 Å². The first-order valence-electron chi connectivity index (χ1n) is 6.46. The maximum Gasteiger partial charge on any atom is 0.331 e. The Balaban J connectivity index is 2.29. The molecule has 1 fully saturated rings. The summed E-state index contributed by atoms with van der Waals surface area (Å²) in [6.45, 7) is 0.0492. The van der Waals surface area contributed by atoms with Crippen LogP contribution in [0.25, 0.3) is 0 Å². The van der Waals surface area contributed by atoms with Gasteiger partial charge in [-0.2, -0.15) is 0 Å². The smallest absolute Gasteiger partial charge is 0.331 e. The highest BCUT2D eigenvalue weighted by Gasteiger charge is 2.40. The molecule has 0 aromatic heterocycles. The SMILES string of the molecule is NS(=O)(=O)CC1CC(=O)N(C(C(=O)O)c2ccccc2Br)C1. The number of nitrogens with two attached hydrogens (primary N) is 1. The number of nitrogens with zero attached hydrogens (tertiary/aromatic N) is 1. The first kappa shape index (κ1) is 16.9. The Bertz CT molecular complexity index is 706. The van der Waals surface area contributed by atoms with Gasteiger partial charge in [0.05, 0.1) is 5.75 Å². The third kappa shape index (κ3) is 3.84. The van der Waals surface area contributed by atoms with Gasteiger partial charge in [0.15, 0.2) is 6.04 Å². The molecule has 0 radical (unpaired) electrons. The van der Waals surface area contributed by atoms with E-state index in [-0.39, 0.29) is 18.7 Å². The van der Waals surface area contributed by atoms with Gasteiger partial charge < -0.3 is 10.0 Å². The molecule has 2 rings (SSSR count). The van der Waals surface area contributed by atoms with Crippen LogP contribution >= 0.6 is 15.9 Å². The second kappa shape index (κ2) is 6.35. The third-order valence-electron chi connectivity index (χ3n) is 3.45. The number of primary sulfonamides is 1. The number of rotatable bonds is 5. The van der Waals surface area contributed by atoms with Crippen molar-refractivity contribution in [1.82, 2.24) is 4.90 Å². The van der Waals surface area contributed by atoms with E-state index in [9.17, 15) is 23.1 Å². The van der Waals surface area contributed by atoms with Crippen molar-refractivity contribution >= 4 is 37.8 Å². The minimum Gasteiger partial charge on any atom is -0.479 e. The van der Waals surface area contributed by atoms with Gasteiger partial charge in [-0.3, -0.25) is 4.79 Å². The molecule has 1 amide bonds. The molecule has 22 heavy (non-hydrogen) atoms. The van der Waals surface area contributed by atoms with E-state index in [2.05, 4.69) is 15.9 Å². The van der Waals surface area contributed by atoms with E-state index in [1.165, 1.54) is 4.90 Å². The number of hydrogen-bond acceptors (Lipinski definition) is 4. The highest BCUT2D eigenvalue weighted by molar-refractivity contribution is 9.10.